The van der Waals surface area contributed by atoms with Crippen LogP contribution in [0.1, 0.15) is 12.6 Å². The van der Waals surface area contributed by atoms with Crippen molar-refractivity contribution >= 4 is 0 Å². The van der Waals surface area contributed by atoms with Crippen LogP contribution < -0.4 is 4.74 Å². The maximum atomic E-state index is 5.96. The predicted octanol–water partition coefficient (Wildman–Crippen LogP) is 4.43. The summed E-state index contributed by atoms with van der Waals surface area (Å²) in [6.07, 6.45) is 7.36. The molecule has 0 amide bonds. The lowest BCUT2D eigenvalue weighted by atomic mass is 10.2. The quantitative estimate of drug-likeness (QED) is 0.538. The largest absolute Gasteiger partial charge is 0.492 e. The van der Waals surface area contributed by atoms with Crippen molar-refractivity contribution in [1.82, 2.24) is 19.1 Å². The van der Waals surface area contributed by atoms with Gasteiger partial charge in [0, 0.05) is 35.9 Å². The van der Waals surface area contributed by atoms with Gasteiger partial charge in [-0.3, -0.25) is 4.57 Å². The van der Waals surface area contributed by atoms with E-state index in [1.54, 1.807) is 12.5 Å². The fraction of sp³-hybridized carbons (Fsp3) is 0.143. The Labute approximate surface area is 152 Å². The fourth-order valence-electron chi connectivity index (χ4n) is 3.06. The fourth-order valence-corrected chi connectivity index (χ4v) is 3.06. The van der Waals surface area contributed by atoms with E-state index in [0.717, 1.165) is 34.2 Å². The molecule has 5 heteroatoms. The lowest BCUT2D eigenvalue weighted by molar-refractivity contribution is 0.339. The Morgan fingerprint density at radius 3 is 2.65 bits per heavy atom. The molecule has 0 aliphatic rings. The standard InChI is InChI=1S/C21H20N4O/c1-3-26-20-13-18(24-12-11-22-15-24)9-10-19(20)25-16(2)14-23-21(25)17-7-5-4-6-8-17/h4-15H,3H2,1-2H3. The van der Waals surface area contributed by atoms with E-state index in [9.17, 15) is 0 Å². The van der Waals surface area contributed by atoms with Crippen molar-refractivity contribution in [3.05, 3.63) is 79.1 Å². The molecule has 0 N–H and O–H groups in total. The van der Waals surface area contributed by atoms with E-state index in [4.69, 9.17) is 4.74 Å². The van der Waals surface area contributed by atoms with Crippen LogP contribution in [0.5, 0.6) is 5.75 Å². The Balaban J connectivity index is 1.87. The van der Waals surface area contributed by atoms with Crippen molar-refractivity contribution in [3.63, 3.8) is 0 Å². The van der Waals surface area contributed by atoms with Crippen LogP contribution in [0.15, 0.2) is 73.4 Å². The van der Waals surface area contributed by atoms with Crippen LogP contribution in [0.25, 0.3) is 22.8 Å². The van der Waals surface area contributed by atoms with Gasteiger partial charge in [-0.1, -0.05) is 30.3 Å². The van der Waals surface area contributed by atoms with E-state index in [1.165, 1.54) is 0 Å². The minimum absolute atomic E-state index is 0.592. The second kappa shape index (κ2) is 6.88. The Bertz CT molecular complexity index is 1000. The highest BCUT2D eigenvalue weighted by Crippen LogP contribution is 2.31. The molecule has 0 aliphatic heterocycles. The topological polar surface area (TPSA) is 44.9 Å². The number of aromatic nitrogens is 4. The third kappa shape index (κ3) is 2.88. The molecule has 0 saturated carbocycles. The van der Waals surface area contributed by atoms with Gasteiger partial charge >= 0.3 is 0 Å². The summed E-state index contributed by atoms with van der Waals surface area (Å²) in [4.78, 5) is 8.75. The summed E-state index contributed by atoms with van der Waals surface area (Å²) in [5.74, 6) is 1.72. The van der Waals surface area contributed by atoms with Crippen LogP contribution in [0.3, 0.4) is 0 Å². The van der Waals surface area contributed by atoms with Gasteiger partial charge in [-0.25, -0.2) is 9.97 Å². The minimum Gasteiger partial charge on any atom is -0.492 e. The van der Waals surface area contributed by atoms with Gasteiger partial charge in [-0.2, -0.15) is 0 Å². The SMILES string of the molecule is CCOc1cc(-n2ccnc2)ccc1-n1c(C)cnc1-c1ccccc1. The summed E-state index contributed by atoms with van der Waals surface area (Å²) in [5.41, 5.74) is 4.11. The molecular weight excluding hydrogens is 324 g/mol. The maximum absolute atomic E-state index is 5.96. The van der Waals surface area contributed by atoms with E-state index in [2.05, 4.69) is 45.7 Å². The van der Waals surface area contributed by atoms with Crippen LogP contribution in [0.4, 0.5) is 0 Å². The number of imidazole rings is 2. The number of aryl methyl sites for hydroxylation is 1. The first-order chi connectivity index (χ1) is 12.8. The number of rotatable bonds is 5. The van der Waals surface area contributed by atoms with Crippen molar-refractivity contribution in [2.45, 2.75) is 13.8 Å². The van der Waals surface area contributed by atoms with Crippen molar-refractivity contribution in [3.8, 4) is 28.5 Å². The zero-order chi connectivity index (χ0) is 17.9. The number of nitrogens with zero attached hydrogens (tertiary/aromatic N) is 4. The van der Waals surface area contributed by atoms with Crippen LogP contribution in [-0.2, 0) is 0 Å². The van der Waals surface area contributed by atoms with Gasteiger partial charge in [0.25, 0.3) is 0 Å². The van der Waals surface area contributed by atoms with Crippen LogP contribution in [0.2, 0.25) is 0 Å². The van der Waals surface area contributed by atoms with Gasteiger partial charge in [-0.15, -0.1) is 0 Å². The zero-order valence-electron chi connectivity index (χ0n) is 14.8. The molecule has 2 heterocycles. The van der Waals surface area contributed by atoms with Crippen LogP contribution >= 0.6 is 0 Å². The number of hydrogen-bond acceptors (Lipinski definition) is 3. The van der Waals surface area contributed by atoms with E-state index in [-0.39, 0.29) is 0 Å². The molecule has 0 fully saturated rings. The monoisotopic (exact) mass is 344 g/mol. The number of ether oxygens (including phenoxy) is 1. The molecule has 0 bridgehead atoms. The third-order valence-electron chi connectivity index (χ3n) is 4.26. The summed E-state index contributed by atoms with van der Waals surface area (Å²) in [6, 6.07) is 16.4. The second-order valence-corrected chi connectivity index (χ2v) is 5.98. The van der Waals surface area contributed by atoms with Crippen molar-refractivity contribution < 1.29 is 4.74 Å². The van der Waals surface area contributed by atoms with Crippen LogP contribution in [0, 0.1) is 6.92 Å². The minimum atomic E-state index is 0.592. The van der Waals surface area contributed by atoms with E-state index in [0.29, 0.717) is 6.61 Å². The summed E-state index contributed by atoms with van der Waals surface area (Å²) >= 11 is 0. The summed E-state index contributed by atoms with van der Waals surface area (Å²) in [7, 11) is 0. The van der Waals surface area contributed by atoms with Crippen molar-refractivity contribution in [2.24, 2.45) is 0 Å². The molecule has 26 heavy (non-hydrogen) atoms. The summed E-state index contributed by atoms with van der Waals surface area (Å²) < 4.78 is 10.1. The molecule has 4 rings (SSSR count). The first kappa shape index (κ1) is 16.1. The first-order valence-corrected chi connectivity index (χ1v) is 8.63. The molecule has 0 radical (unpaired) electrons. The van der Waals surface area contributed by atoms with Gasteiger partial charge in [0.2, 0.25) is 0 Å². The Morgan fingerprint density at radius 1 is 1.08 bits per heavy atom. The molecule has 0 saturated heterocycles. The Hall–Kier alpha value is -3.34. The van der Waals surface area contributed by atoms with Gasteiger partial charge in [-0.05, 0) is 26.0 Å². The van der Waals surface area contributed by atoms with Gasteiger partial charge in [0.15, 0.2) is 0 Å². The highest BCUT2D eigenvalue weighted by molar-refractivity contribution is 5.63. The molecule has 130 valence electrons. The van der Waals surface area contributed by atoms with Crippen LogP contribution in [-0.4, -0.2) is 25.7 Å². The highest BCUT2D eigenvalue weighted by Gasteiger charge is 2.16. The Morgan fingerprint density at radius 2 is 1.92 bits per heavy atom. The van der Waals surface area contributed by atoms with Crippen molar-refractivity contribution in [1.29, 1.82) is 0 Å². The molecule has 2 aromatic carbocycles. The molecular formula is C21H20N4O. The van der Waals surface area contributed by atoms with Gasteiger partial charge in [0.1, 0.15) is 11.6 Å². The summed E-state index contributed by atoms with van der Waals surface area (Å²) in [6.45, 7) is 4.64. The summed E-state index contributed by atoms with van der Waals surface area (Å²) in [5, 5.41) is 0. The number of benzene rings is 2. The molecule has 4 aromatic rings. The third-order valence-corrected chi connectivity index (χ3v) is 4.26. The maximum Gasteiger partial charge on any atom is 0.145 e. The van der Waals surface area contributed by atoms with E-state index in [1.807, 2.05) is 48.1 Å². The molecule has 0 unspecified atom stereocenters. The second-order valence-electron chi connectivity index (χ2n) is 5.98. The number of hydrogen-bond donors (Lipinski definition) is 0. The Kier molecular flexibility index (Phi) is 4.27. The molecule has 2 aromatic heterocycles. The molecule has 0 aliphatic carbocycles. The molecule has 0 spiro atoms. The normalized spacial score (nSPS) is 10.8. The van der Waals surface area contributed by atoms with E-state index >= 15 is 0 Å². The van der Waals surface area contributed by atoms with Crippen molar-refractivity contribution in [2.75, 3.05) is 6.61 Å². The molecule has 5 nitrogen and oxygen atoms in total. The zero-order valence-corrected chi connectivity index (χ0v) is 14.8. The average molecular weight is 344 g/mol. The van der Waals surface area contributed by atoms with Gasteiger partial charge < -0.3 is 9.30 Å². The molecule has 0 atom stereocenters. The highest BCUT2D eigenvalue weighted by atomic mass is 16.5. The lowest BCUT2D eigenvalue weighted by Gasteiger charge is -2.16. The predicted molar refractivity (Wildman–Crippen MR) is 102 cm³/mol. The smallest absolute Gasteiger partial charge is 0.145 e. The average Bonchev–Trinajstić information content (AvgIpc) is 3.33. The van der Waals surface area contributed by atoms with E-state index < -0.39 is 0 Å². The van der Waals surface area contributed by atoms with Gasteiger partial charge in [0.05, 0.1) is 24.3 Å². The first-order valence-electron chi connectivity index (χ1n) is 8.63. The lowest BCUT2D eigenvalue weighted by Crippen LogP contribution is -2.05.